The van der Waals surface area contributed by atoms with Crippen molar-refractivity contribution >= 4 is 18.1 Å². The molecule has 0 fully saturated rings. The van der Waals surface area contributed by atoms with E-state index in [-0.39, 0.29) is 18.0 Å². The maximum atomic E-state index is 12.4. The SMILES string of the molecule is Cl.NC1(CCCc2ccccc2)c2ccccc2-c2[nH]c(=O)c3nccn3c21. The molecule has 28 heavy (non-hydrogen) atoms. The van der Waals surface area contributed by atoms with Crippen molar-refractivity contribution in [1.82, 2.24) is 14.4 Å². The largest absolute Gasteiger partial charge is 0.317 e. The maximum absolute atomic E-state index is 12.4. The van der Waals surface area contributed by atoms with Gasteiger partial charge in [-0.2, -0.15) is 0 Å². The number of aromatic nitrogens is 3. The first-order chi connectivity index (χ1) is 13.2. The van der Waals surface area contributed by atoms with E-state index in [1.54, 1.807) is 6.20 Å². The molecule has 0 saturated carbocycles. The molecule has 142 valence electrons. The predicted octanol–water partition coefficient (Wildman–Crippen LogP) is 3.65. The fourth-order valence-electron chi connectivity index (χ4n) is 4.32. The number of imidazole rings is 1. The van der Waals surface area contributed by atoms with Gasteiger partial charge in [0, 0.05) is 18.0 Å². The van der Waals surface area contributed by atoms with Crippen LogP contribution in [0.15, 0.2) is 71.8 Å². The summed E-state index contributed by atoms with van der Waals surface area (Å²) in [6.07, 6.45) is 6.18. The number of H-pyrrole nitrogens is 1. The number of hydrogen-bond acceptors (Lipinski definition) is 3. The van der Waals surface area contributed by atoms with Gasteiger partial charge in [0.2, 0.25) is 5.65 Å². The topological polar surface area (TPSA) is 76.2 Å². The molecule has 0 saturated heterocycles. The molecule has 0 spiro atoms. The third kappa shape index (κ3) is 2.66. The number of rotatable bonds is 4. The van der Waals surface area contributed by atoms with E-state index < -0.39 is 5.54 Å². The molecule has 1 atom stereocenters. The summed E-state index contributed by atoms with van der Waals surface area (Å²) in [7, 11) is 0. The van der Waals surface area contributed by atoms with Crippen molar-refractivity contribution in [3.05, 3.63) is 94.2 Å². The van der Waals surface area contributed by atoms with E-state index in [4.69, 9.17) is 5.73 Å². The third-order valence-corrected chi connectivity index (χ3v) is 5.54. The lowest BCUT2D eigenvalue weighted by atomic mass is 9.85. The molecule has 5 nitrogen and oxygen atoms in total. The lowest BCUT2D eigenvalue weighted by molar-refractivity contribution is 0.466. The van der Waals surface area contributed by atoms with Crippen molar-refractivity contribution in [3.8, 4) is 11.3 Å². The van der Waals surface area contributed by atoms with Crippen LogP contribution >= 0.6 is 12.4 Å². The Labute approximate surface area is 168 Å². The standard InChI is InChI=1S/C22H20N4O.ClH/c23-22(12-6-9-15-7-2-1-3-8-15)17-11-5-4-10-16(17)18-19(22)26-14-13-24-20(26)21(27)25-18;/h1-5,7-8,10-11,13-14H,6,9,12,23H2,(H,25,27);1H. The summed E-state index contributed by atoms with van der Waals surface area (Å²) in [5, 5.41) is 0. The summed E-state index contributed by atoms with van der Waals surface area (Å²) in [5.74, 6) is 0. The molecule has 5 rings (SSSR count). The van der Waals surface area contributed by atoms with Crippen LogP contribution < -0.4 is 11.3 Å². The highest BCUT2D eigenvalue weighted by molar-refractivity contribution is 5.85. The average molecular weight is 393 g/mol. The molecule has 1 aliphatic rings. The van der Waals surface area contributed by atoms with Gasteiger partial charge in [0.05, 0.1) is 16.9 Å². The van der Waals surface area contributed by atoms with Gasteiger partial charge in [-0.15, -0.1) is 12.4 Å². The van der Waals surface area contributed by atoms with E-state index in [1.807, 2.05) is 34.9 Å². The van der Waals surface area contributed by atoms with Crippen LogP contribution in [0, 0.1) is 0 Å². The number of nitrogens with one attached hydrogen (secondary N) is 1. The molecule has 6 heteroatoms. The van der Waals surface area contributed by atoms with Gasteiger partial charge in [0.15, 0.2) is 0 Å². The summed E-state index contributed by atoms with van der Waals surface area (Å²) >= 11 is 0. The molecular formula is C22H21ClN4O. The lowest BCUT2D eigenvalue weighted by Crippen LogP contribution is -2.38. The van der Waals surface area contributed by atoms with Crippen molar-refractivity contribution in [1.29, 1.82) is 0 Å². The van der Waals surface area contributed by atoms with Crippen LogP contribution in [0.3, 0.4) is 0 Å². The minimum absolute atomic E-state index is 0. The fourth-order valence-corrected chi connectivity index (χ4v) is 4.32. The molecule has 0 bridgehead atoms. The molecule has 2 aromatic heterocycles. The van der Waals surface area contributed by atoms with Gasteiger partial charge >= 0.3 is 0 Å². The summed E-state index contributed by atoms with van der Waals surface area (Å²) in [6, 6.07) is 18.5. The van der Waals surface area contributed by atoms with Crippen molar-refractivity contribution in [2.24, 2.45) is 5.73 Å². The highest BCUT2D eigenvalue weighted by Crippen LogP contribution is 2.46. The van der Waals surface area contributed by atoms with E-state index in [2.05, 4.69) is 40.3 Å². The van der Waals surface area contributed by atoms with Crippen LogP contribution in [0.5, 0.6) is 0 Å². The van der Waals surface area contributed by atoms with E-state index in [1.165, 1.54) is 5.56 Å². The molecule has 2 heterocycles. The van der Waals surface area contributed by atoms with Gasteiger partial charge in [-0.25, -0.2) is 4.98 Å². The average Bonchev–Trinajstić information content (AvgIpc) is 3.26. The van der Waals surface area contributed by atoms with E-state index in [9.17, 15) is 4.79 Å². The second-order valence-corrected chi connectivity index (χ2v) is 7.15. The number of benzene rings is 2. The highest BCUT2D eigenvalue weighted by atomic mass is 35.5. The van der Waals surface area contributed by atoms with Crippen LogP contribution in [0.1, 0.15) is 29.7 Å². The van der Waals surface area contributed by atoms with Crippen LogP contribution in [0.2, 0.25) is 0 Å². The quantitative estimate of drug-likeness (QED) is 0.556. The number of aryl methyl sites for hydroxylation is 1. The number of fused-ring (bicyclic) bond motifs is 5. The monoisotopic (exact) mass is 392 g/mol. The van der Waals surface area contributed by atoms with Crippen LogP contribution in [0.25, 0.3) is 16.9 Å². The van der Waals surface area contributed by atoms with Gasteiger partial charge in [0.25, 0.3) is 5.56 Å². The second kappa shape index (κ2) is 6.93. The van der Waals surface area contributed by atoms with Crippen molar-refractivity contribution in [2.45, 2.75) is 24.8 Å². The van der Waals surface area contributed by atoms with Crippen LogP contribution in [0.4, 0.5) is 0 Å². The smallest absolute Gasteiger partial charge is 0.292 e. The number of nitrogens with zero attached hydrogens (tertiary/aromatic N) is 2. The first-order valence-electron chi connectivity index (χ1n) is 9.21. The predicted molar refractivity (Wildman–Crippen MR) is 113 cm³/mol. The van der Waals surface area contributed by atoms with Gasteiger partial charge in [-0.3, -0.25) is 9.20 Å². The van der Waals surface area contributed by atoms with Gasteiger partial charge < -0.3 is 10.7 Å². The lowest BCUT2D eigenvalue weighted by Gasteiger charge is -2.27. The van der Waals surface area contributed by atoms with Crippen molar-refractivity contribution in [3.63, 3.8) is 0 Å². The number of halogens is 1. The summed E-state index contributed by atoms with van der Waals surface area (Å²) in [6.45, 7) is 0. The van der Waals surface area contributed by atoms with Gasteiger partial charge in [-0.05, 0) is 30.4 Å². The Balaban J connectivity index is 0.00000192. The molecule has 1 aliphatic carbocycles. The molecule has 0 radical (unpaired) electrons. The van der Waals surface area contributed by atoms with Crippen molar-refractivity contribution < 1.29 is 0 Å². The molecule has 0 aliphatic heterocycles. The van der Waals surface area contributed by atoms with Crippen molar-refractivity contribution in [2.75, 3.05) is 0 Å². The Hall–Kier alpha value is -2.89. The Morgan fingerprint density at radius 1 is 1.07 bits per heavy atom. The first kappa shape index (κ1) is 18.5. The first-order valence-corrected chi connectivity index (χ1v) is 9.21. The van der Waals surface area contributed by atoms with Gasteiger partial charge in [-0.1, -0.05) is 54.6 Å². The van der Waals surface area contributed by atoms with Crippen LogP contribution in [-0.2, 0) is 12.0 Å². The minimum atomic E-state index is -0.663. The molecule has 3 N–H and O–H groups in total. The molecule has 4 aromatic rings. The molecule has 2 aromatic carbocycles. The Morgan fingerprint density at radius 3 is 2.64 bits per heavy atom. The zero-order chi connectivity index (χ0) is 18.4. The van der Waals surface area contributed by atoms with Crippen LogP contribution in [-0.4, -0.2) is 14.4 Å². The third-order valence-electron chi connectivity index (χ3n) is 5.54. The maximum Gasteiger partial charge on any atom is 0.292 e. The molecule has 0 amide bonds. The number of nitrogens with two attached hydrogens (primary N) is 1. The Morgan fingerprint density at radius 2 is 1.82 bits per heavy atom. The van der Waals surface area contributed by atoms with E-state index in [0.29, 0.717) is 5.65 Å². The molecular weight excluding hydrogens is 372 g/mol. The van der Waals surface area contributed by atoms with E-state index >= 15 is 0 Å². The summed E-state index contributed by atoms with van der Waals surface area (Å²) < 4.78 is 1.86. The van der Waals surface area contributed by atoms with E-state index in [0.717, 1.165) is 41.8 Å². The van der Waals surface area contributed by atoms with Gasteiger partial charge in [0.1, 0.15) is 0 Å². The summed E-state index contributed by atoms with van der Waals surface area (Å²) in [4.78, 5) is 19.7. The summed E-state index contributed by atoms with van der Waals surface area (Å²) in [5.41, 5.74) is 11.7. The zero-order valence-corrected chi connectivity index (χ0v) is 16.1. The highest BCUT2D eigenvalue weighted by Gasteiger charge is 2.42. The Kier molecular flexibility index (Phi) is 4.57. The number of aromatic amines is 1. The second-order valence-electron chi connectivity index (χ2n) is 7.15. The Bertz CT molecular complexity index is 1200. The molecule has 1 unspecified atom stereocenters. The minimum Gasteiger partial charge on any atom is -0.317 e. The zero-order valence-electron chi connectivity index (χ0n) is 15.3. The fraction of sp³-hybridized carbons (Fsp3) is 0.182. The number of hydrogen-bond donors (Lipinski definition) is 2. The normalized spacial score (nSPS) is 17.2.